The smallest absolute Gasteiger partial charge is 0.00766 e. The number of rotatable bonds is 1. The highest BCUT2D eigenvalue weighted by molar-refractivity contribution is 5.84. The first-order valence-corrected chi connectivity index (χ1v) is 8.34. The predicted molar refractivity (Wildman–Crippen MR) is 96.1 cm³/mol. The van der Waals surface area contributed by atoms with E-state index in [1.54, 1.807) is 0 Å². The summed E-state index contributed by atoms with van der Waals surface area (Å²) in [6.45, 7) is 4.53. The second-order valence-electron chi connectivity index (χ2n) is 6.52. The monoisotopic (exact) mass is 286 g/mol. The van der Waals surface area contributed by atoms with Gasteiger partial charge in [0.05, 0.1) is 0 Å². The van der Waals surface area contributed by atoms with Gasteiger partial charge in [0.2, 0.25) is 0 Å². The van der Waals surface area contributed by atoms with E-state index in [0.717, 1.165) is 0 Å². The maximum atomic E-state index is 2.35. The standard InChI is InChI=1S/C22H22/c1-15-11-12-18-8-4-6-10-21(18)22(15)20-14-13-17-7-3-5-9-19(17)16(20)2/h5-6,9-14H,3-4,7-8H2,1-2H3. The minimum atomic E-state index is 1.17. The molecule has 2 aliphatic carbocycles. The Hall–Kier alpha value is -2.08. The fraction of sp³-hybridized carbons (Fsp3) is 0.273. The quantitative estimate of drug-likeness (QED) is 0.613. The fourth-order valence-corrected chi connectivity index (χ4v) is 3.92. The zero-order chi connectivity index (χ0) is 15.1. The van der Waals surface area contributed by atoms with Crippen LogP contribution in [0.3, 0.4) is 0 Å². The molecule has 0 saturated heterocycles. The second kappa shape index (κ2) is 5.28. The van der Waals surface area contributed by atoms with Gasteiger partial charge in [0.15, 0.2) is 0 Å². The summed E-state index contributed by atoms with van der Waals surface area (Å²) in [5.41, 5.74) is 11.5. The van der Waals surface area contributed by atoms with Crippen molar-refractivity contribution in [2.45, 2.75) is 39.5 Å². The Morgan fingerprint density at radius 3 is 2.14 bits per heavy atom. The van der Waals surface area contributed by atoms with Crippen LogP contribution in [-0.2, 0) is 12.8 Å². The van der Waals surface area contributed by atoms with E-state index < -0.39 is 0 Å². The van der Waals surface area contributed by atoms with E-state index in [-0.39, 0.29) is 0 Å². The highest BCUT2D eigenvalue weighted by Crippen LogP contribution is 2.38. The molecule has 0 amide bonds. The van der Waals surface area contributed by atoms with Crippen molar-refractivity contribution < 1.29 is 0 Å². The molecule has 22 heavy (non-hydrogen) atoms. The summed E-state index contributed by atoms with van der Waals surface area (Å²) in [5, 5.41) is 0. The van der Waals surface area contributed by atoms with E-state index in [9.17, 15) is 0 Å². The molecule has 0 nitrogen and oxygen atoms in total. The van der Waals surface area contributed by atoms with E-state index in [0.29, 0.717) is 0 Å². The zero-order valence-electron chi connectivity index (χ0n) is 13.4. The van der Waals surface area contributed by atoms with Crippen LogP contribution in [0.2, 0.25) is 0 Å². The summed E-state index contributed by atoms with van der Waals surface area (Å²) in [6.07, 6.45) is 14.0. The van der Waals surface area contributed by atoms with Crippen molar-refractivity contribution in [1.29, 1.82) is 0 Å². The van der Waals surface area contributed by atoms with Crippen LogP contribution >= 0.6 is 0 Å². The van der Waals surface area contributed by atoms with Crippen LogP contribution in [0.4, 0.5) is 0 Å². The highest BCUT2D eigenvalue weighted by atomic mass is 14.2. The minimum absolute atomic E-state index is 1.17. The molecule has 2 aromatic carbocycles. The van der Waals surface area contributed by atoms with Gasteiger partial charge in [0, 0.05) is 0 Å². The van der Waals surface area contributed by atoms with Crippen LogP contribution in [0.15, 0.2) is 36.4 Å². The van der Waals surface area contributed by atoms with Gasteiger partial charge in [0.1, 0.15) is 0 Å². The van der Waals surface area contributed by atoms with Crippen molar-refractivity contribution in [3.8, 4) is 11.1 Å². The Kier molecular flexibility index (Phi) is 3.26. The SMILES string of the molecule is Cc1ccc2c(c1-c1ccc3c(c1C)C=CCC3)C=CCC2. The molecule has 0 fully saturated rings. The van der Waals surface area contributed by atoms with Gasteiger partial charge in [0.25, 0.3) is 0 Å². The summed E-state index contributed by atoms with van der Waals surface area (Å²) in [7, 11) is 0. The molecular formula is C22H22. The molecule has 0 radical (unpaired) electrons. The van der Waals surface area contributed by atoms with Crippen molar-refractivity contribution in [3.63, 3.8) is 0 Å². The van der Waals surface area contributed by atoms with E-state index >= 15 is 0 Å². The first-order chi connectivity index (χ1) is 10.8. The van der Waals surface area contributed by atoms with Crippen LogP contribution in [-0.4, -0.2) is 0 Å². The molecule has 2 aliphatic rings. The van der Waals surface area contributed by atoms with Gasteiger partial charge >= 0.3 is 0 Å². The maximum absolute atomic E-state index is 2.35. The first-order valence-electron chi connectivity index (χ1n) is 8.34. The summed E-state index contributed by atoms with van der Waals surface area (Å²) >= 11 is 0. The summed E-state index contributed by atoms with van der Waals surface area (Å²) < 4.78 is 0. The van der Waals surface area contributed by atoms with Gasteiger partial charge in [-0.05, 0) is 84.0 Å². The number of aryl methyl sites for hydroxylation is 3. The predicted octanol–water partition coefficient (Wildman–Crippen LogP) is 5.89. The molecule has 0 N–H and O–H groups in total. The Morgan fingerprint density at radius 1 is 0.727 bits per heavy atom. The van der Waals surface area contributed by atoms with Gasteiger partial charge in [-0.25, -0.2) is 0 Å². The summed E-state index contributed by atoms with van der Waals surface area (Å²) in [5.74, 6) is 0. The normalized spacial score (nSPS) is 15.5. The number of fused-ring (bicyclic) bond motifs is 2. The Balaban J connectivity index is 1.98. The summed E-state index contributed by atoms with van der Waals surface area (Å²) in [4.78, 5) is 0. The summed E-state index contributed by atoms with van der Waals surface area (Å²) in [6, 6.07) is 9.29. The van der Waals surface area contributed by atoms with Gasteiger partial charge in [-0.15, -0.1) is 0 Å². The molecule has 4 rings (SSSR count). The lowest BCUT2D eigenvalue weighted by Gasteiger charge is -2.22. The van der Waals surface area contributed by atoms with Gasteiger partial charge < -0.3 is 0 Å². The molecule has 0 heterocycles. The highest BCUT2D eigenvalue weighted by Gasteiger charge is 2.17. The molecule has 0 heteroatoms. The van der Waals surface area contributed by atoms with Crippen LogP contribution in [0.25, 0.3) is 23.3 Å². The van der Waals surface area contributed by atoms with Crippen molar-refractivity contribution in [2.75, 3.05) is 0 Å². The molecular weight excluding hydrogens is 264 g/mol. The zero-order valence-corrected chi connectivity index (χ0v) is 13.4. The number of hydrogen-bond donors (Lipinski definition) is 0. The van der Waals surface area contributed by atoms with Crippen molar-refractivity contribution in [3.05, 3.63) is 69.8 Å². The number of hydrogen-bond acceptors (Lipinski definition) is 0. The Labute approximate surface area is 133 Å². The maximum Gasteiger partial charge on any atom is -0.00766 e. The van der Waals surface area contributed by atoms with Gasteiger partial charge in [-0.2, -0.15) is 0 Å². The molecule has 0 saturated carbocycles. The van der Waals surface area contributed by atoms with Crippen molar-refractivity contribution >= 4 is 12.2 Å². The molecule has 0 bridgehead atoms. The van der Waals surface area contributed by atoms with Gasteiger partial charge in [-0.1, -0.05) is 48.6 Å². The third-order valence-corrected chi connectivity index (χ3v) is 5.15. The van der Waals surface area contributed by atoms with Gasteiger partial charge in [-0.3, -0.25) is 0 Å². The largest absolute Gasteiger partial charge is 0.0836 e. The Bertz CT molecular complexity index is 803. The van der Waals surface area contributed by atoms with E-state index in [1.807, 2.05) is 0 Å². The fourth-order valence-electron chi connectivity index (χ4n) is 3.92. The molecule has 0 atom stereocenters. The molecule has 0 unspecified atom stereocenters. The average Bonchev–Trinajstić information content (AvgIpc) is 2.56. The second-order valence-corrected chi connectivity index (χ2v) is 6.52. The lowest BCUT2D eigenvalue weighted by molar-refractivity contribution is 0.979. The average molecular weight is 286 g/mol. The van der Waals surface area contributed by atoms with Crippen LogP contribution in [0, 0.1) is 13.8 Å². The van der Waals surface area contributed by atoms with E-state index in [1.165, 1.54) is 70.2 Å². The molecule has 0 aliphatic heterocycles. The number of benzene rings is 2. The topological polar surface area (TPSA) is 0 Å². The van der Waals surface area contributed by atoms with E-state index in [2.05, 4.69) is 62.4 Å². The van der Waals surface area contributed by atoms with Crippen LogP contribution < -0.4 is 0 Å². The van der Waals surface area contributed by atoms with Crippen molar-refractivity contribution in [1.82, 2.24) is 0 Å². The van der Waals surface area contributed by atoms with Crippen LogP contribution in [0.1, 0.15) is 46.2 Å². The lowest BCUT2D eigenvalue weighted by Crippen LogP contribution is -2.03. The third kappa shape index (κ3) is 2.06. The van der Waals surface area contributed by atoms with Crippen LogP contribution in [0.5, 0.6) is 0 Å². The molecule has 0 spiro atoms. The minimum Gasteiger partial charge on any atom is -0.0836 e. The molecule has 2 aromatic rings. The first kappa shape index (κ1) is 13.6. The third-order valence-electron chi connectivity index (χ3n) is 5.15. The number of allylic oxidation sites excluding steroid dienone is 2. The lowest BCUT2D eigenvalue weighted by atomic mass is 9.83. The molecule has 0 aromatic heterocycles. The van der Waals surface area contributed by atoms with E-state index in [4.69, 9.17) is 0 Å². The Morgan fingerprint density at radius 2 is 1.36 bits per heavy atom. The van der Waals surface area contributed by atoms with Crippen molar-refractivity contribution in [2.24, 2.45) is 0 Å². The molecule has 110 valence electrons.